The van der Waals surface area contributed by atoms with Gasteiger partial charge in [-0.25, -0.2) is 0 Å². The number of aromatic nitrogens is 1. The second kappa shape index (κ2) is 7.46. The Morgan fingerprint density at radius 2 is 1.71 bits per heavy atom. The maximum atomic E-state index is 9.01. The van der Waals surface area contributed by atoms with Crippen molar-refractivity contribution in [3.63, 3.8) is 0 Å². The van der Waals surface area contributed by atoms with Crippen LogP contribution in [0.5, 0.6) is 0 Å². The molecule has 0 atom stereocenters. The van der Waals surface area contributed by atoms with Crippen LogP contribution in [0.3, 0.4) is 0 Å². The van der Waals surface area contributed by atoms with Crippen LogP contribution < -0.4 is 5.32 Å². The van der Waals surface area contributed by atoms with Gasteiger partial charge in [-0.1, -0.05) is 12.1 Å². The normalized spacial score (nSPS) is 15.5. The van der Waals surface area contributed by atoms with Crippen LogP contribution in [-0.2, 0) is 13.1 Å². The minimum atomic E-state index is 0.00834. The average Bonchev–Trinajstić information content (AvgIpc) is 2.55. The molecule has 24 heavy (non-hydrogen) atoms. The molecule has 1 aromatic heterocycles. The predicted octanol–water partition coefficient (Wildman–Crippen LogP) is 3.96. The standard InChI is InChI=1S/C20H24N4/c1-24(16-18-7-13-22-14-8-18)15-17-3-5-19(6-4-17)23-20(11-12-21)9-2-10-20/h3-8,13-14,23H,2,9-11,15-16H2,1H3. The molecule has 0 aliphatic heterocycles. The lowest BCUT2D eigenvalue weighted by molar-refractivity contribution is 0.284. The van der Waals surface area contributed by atoms with Crippen molar-refractivity contribution in [2.24, 2.45) is 0 Å². The monoisotopic (exact) mass is 320 g/mol. The van der Waals surface area contributed by atoms with Crippen molar-refractivity contribution in [2.45, 2.75) is 44.3 Å². The Balaban J connectivity index is 1.55. The third kappa shape index (κ3) is 4.12. The number of benzene rings is 1. The average molecular weight is 320 g/mol. The molecular weight excluding hydrogens is 296 g/mol. The highest BCUT2D eigenvalue weighted by Crippen LogP contribution is 2.37. The lowest BCUT2D eigenvalue weighted by atomic mass is 9.74. The minimum absolute atomic E-state index is 0.00834. The molecule has 1 fully saturated rings. The number of hydrogen-bond donors (Lipinski definition) is 1. The zero-order valence-corrected chi connectivity index (χ0v) is 14.2. The summed E-state index contributed by atoms with van der Waals surface area (Å²) >= 11 is 0. The van der Waals surface area contributed by atoms with Crippen molar-refractivity contribution in [3.8, 4) is 6.07 Å². The Morgan fingerprint density at radius 1 is 1.08 bits per heavy atom. The van der Waals surface area contributed by atoms with Gasteiger partial charge in [0.25, 0.3) is 0 Å². The molecule has 0 saturated heterocycles. The smallest absolute Gasteiger partial charge is 0.0646 e. The van der Waals surface area contributed by atoms with Gasteiger partial charge in [-0.2, -0.15) is 5.26 Å². The van der Waals surface area contributed by atoms with Gasteiger partial charge < -0.3 is 5.32 Å². The van der Waals surface area contributed by atoms with Gasteiger partial charge in [-0.05, 0) is 61.7 Å². The molecule has 0 radical (unpaired) electrons. The van der Waals surface area contributed by atoms with Crippen LogP contribution in [-0.4, -0.2) is 22.5 Å². The summed E-state index contributed by atoms with van der Waals surface area (Å²) < 4.78 is 0. The van der Waals surface area contributed by atoms with Crippen LogP contribution in [0.2, 0.25) is 0 Å². The highest BCUT2D eigenvalue weighted by molar-refractivity contribution is 5.48. The fourth-order valence-corrected chi connectivity index (χ4v) is 3.27. The molecule has 1 heterocycles. The summed E-state index contributed by atoms with van der Waals surface area (Å²) in [5, 5.41) is 12.6. The molecule has 124 valence electrons. The molecule has 1 aliphatic rings. The van der Waals surface area contributed by atoms with Gasteiger partial charge in [-0.15, -0.1) is 0 Å². The summed E-state index contributed by atoms with van der Waals surface area (Å²) in [7, 11) is 2.13. The maximum absolute atomic E-state index is 9.01. The molecule has 1 N–H and O–H groups in total. The molecule has 1 aromatic carbocycles. The van der Waals surface area contributed by atoms with E-state index in [2.05, 4.69) is 64.7 Å². The first kappa shape index (κ1) is 16.5. The van der Waals surface area contributed by atoms with E-state index in [4.69, 9.17) is 5.26 Å². The van der Waals surface area contributed by atoms with E-state index in [1.807, 2.05) is 12.4 Å². The summed E-state index contributed by atoms with van der Waals surface area (Å²) in [4.78, 5) is 6.35. The maximum Gasteiger partial charge on any atom is 0.0646 e. The van der Waals surface area contributed by atoms with Gasteiger partial charge in [0.05, 0.1) is 18.0 Å². The van der Waals surface area contributed by atoms with E-state index in [0.29, 0.717) is 6.42 Å². The summed E-state index contributed by atoms with van der Waals surface area (Å²) in [6.07, 6.45) is 7.66. The number of nitrogens with zero attached hydrogens (tertiary/aromatic N) is 3. The molecule has 0 unspecified atom stereocenters. The molecule has 4 heteroatoms. The molecule has 1 saturated carbocycles. The Morgan fingerprint density at radius 3 is 2.25 bits per heavy atom. The Labute approximate surface area is 144 Å². The van der Waals surface area contributed by atoms with Gasteiger partial charge in [0.1, 0.15) is 0 Å². The molecule has 0 bridgehead atoms. The third-order valence-corrected chi connectivity index (χ3v) is 4.75. The molecule has 2 aromatic rings. The van der Waals surface area contributed by atoms with Crippen molar-refractivity contribution < 1.29 is 0 Å². The summed E-state index contributed by atoms with van der Waals surface area (Å²) in [5.41, 5.74) is 3.69. The largest absolute Gasteiger partial charge is 0.379 e. The van der Waals surface area contributed by atoms with E-state index in [9.17, 15) is 0 Å². The van der Waals surface area contributed by atoms with E-state index in [0.717, 1.165) is 31.6 Å². The molecule has 0 amide bonds. The van der Waals surface area contributed by atoms with Gasteiger partial charge in [0.15, 0.2) is 0 Å². The SMILES string of the molecule is CN(Cc1ccncc1)Cc1ccc(NC2(CC#N)CCC2)cc1. The highest BCUT2D eigenvalue weighted by Gasteiger charge is 2.36. The minimum Gasteiger partial charge on any atom is -0.379 e. The lowest BCUT2D eigenvalue weighted by Crippen LogP contribution is -2.44. The van der Waals surface area contributed by atoms with E-state index in [1.54, 1.807) is 0 Å². The molecular formula is C20H24N4. The summed E-state index contributed by atoms with van der Waals surface area (Å²) in [6, 6.07) is 15.0. The van der Waals surface area contributed by atoms with Crippen LogP contribution in [0.4, 0.5) is 5.69 Å². The van der Waals surface area contributed by atoms with Crippen molar-refractivity contribution in [1.29, 1.82) is 5.26 Å². The second-order valence-electron chi connectivity index (χ2n) is 6.82. The number of hydrogen-bond acceptors (Lipinski definition) is 4. The predicted molar refractivity (Wildman–Crippen MR) is 96.3 cm³/mol. The van der Waals surface area contributed by atoms with Crippen LogP contribution in [0.1, 0.15) is 36.8 Å². The topological polar surface area (TPSA) is 52.0 Å². The van der Waals surface area contributed by atoms with Crippen LogP contribution >= 0.6 is 0 Å². The first-order chi connectivity index (χ1) is 11.7. The van der Waals surface area contributed by atoms with Crippen LogP contribution in [0.25, 0.3) is 0 Å². The van der Waals surface area contributed by atoms with E-state index in [-0.39, 0.29) is 5.54 Å². The van der Waals surface area contributed by atoms with Gasteiger partial charge >= 0.3 is 0 Å². The summed E-state index contributed by atoms with van der Waals surface area (Å²) in [6.45, 7) is 1.82. The quantitative estimate of drug-likeness (QED) is 0.839. The van der Waals surface area contributed by atoms with E-state index in [1.165, 1.54) is 17.5 Å². The zero-order valence-electron chi connectivity index (χ0n) is 14.2. The second-order valence-corrected chi connectivity index (χ2v) is 6.82. The van der Waals surface area contributed by atoms with E-state index < -0.39 is 0 Å². The molecule has 1 aliphatic carbocycles. The highest BCUT2D eigenvalue weighted by atomic mass is 15.1. The third-order valence-electron chi connectivity index (χ3n) is 4.75. The van der Waals surface area contributed by atoms with Gasteiger partial charge in [0, 0.05) is 31.2 Å². The van der Waals surface area contributed by atoms with Crippen LogP contribution in [0.15, 0.2) is 48.8 Å². The van der Waals surface area contributed by atoms with Gasteiger partial charge in [-0.3, -0.25) is 9.88 Å². The lowest BCUT2D eigenvalue weighted by Gasteiger charge is -2.41. The van der Waals surface area contributed by atoms with Crippen molar-refractivity contribution in [3.05, 3.63) is 59.9 Å². The van der Waals surface area contributed by atoms with Crippen LogP contribution in [0, 0.1) is 11.3 Å². The fraction of sp³-hybridized carbons (Fsp3) is 0.400. The fourth-order valence-electron chi connectivity index (χ4n) is 3.27. The first-order valence-electron chi connectivity index (χ1n) is 8.51. The van der Waals surface area contributed by atoms with E-state index >= 15 is 0 Å². The van der Waals surface area contributed by atoms with Crippen molar-refractivity contribution in [2.75, 3.05) is 12.4 Å². The number of anilines is 1. The number of nitriles is 1. The number of rotatable bonds is 7. The Kier molecular flexibility index (Phi) is 5.12. The number of pyridine rings is 1. The van der Waals surface area contributed by atoms with Crippen molar-refractivity contribution >= 4 is 5.69 Å². The Hall–Kier alpha value is -2.38. The molecule has 0 spiro atoms. The Bertz CT molecular complexity index is 684. The zero-order chi connectivity index (χ0) is 16.8. The van der Waals surface area contributed by atoms with Crippen molar-refractivity contribution in [1.82, 2.24) is 9.88 Å². The molecule has 3 rings (SSSR count). The van der Waals surface area contributed by atoms with Gasteiger partial charge in [0.2, 0.25) is 0 Å². The molecule has 4 nitrogen and oxygen atoms in total. The summed E-state index contributed by atoms with van der Waals surface area (Å²) in [5.74, 6) is 0. The number of nitrogens with one attached hydrogen (secondary N) is 1. The first-order valence-corrected chi connectivity index (χ1v) is 8.51.